The van der Waals surface area contributed by atoms with Crippen LogP contribution in [-0.2, 0) is 6.42 Å². The molecule has 1 aliphatic rings. The maximum Gasteiger partial charge on any atom is 0.267 e. The molecule has 1 saturated carbocycles. The van der Waals surface area contributed by atoms with Gasteiger partial charge < -0.3 is 10.7 Å². The summed E-state index contributed by atoms with van der Waals surface area (Å²) in [5.41, 5.74) is 6.98. The molecule has 0 radical (unpaired) electrons. The quantitative estimate of drug-likeness (QED) is 0.449. The van der Waals surface area contributed by atoms with Crippen LogP contribution < -0.4 is 11.3 Å². The maximum absolute atomic E-state index is 14.1. The molecule has 1 fully saturated rings. The van der Waals surface area contributed by atoms with E-state index in [0.29, 0.717) is 28.2 Å². The number of nitrogens with zero attached hydrogens (tertiary/aromatic N) is 4. The summed E-state index contributed by atoms with van der Waals surface area (Å²) in [7, 11) is 0. The zero-order valence-corrected chi connectivity index (χ0v) is 18.5. The molecular formula is C24H21F3N6O2. The van der Waals surface area contributed by atoms with Gasteiger partial charge in [0, 0.05) is 31.0 Å². The second-order valence-corrected chi connectivity index (χ2v) is 8.70. The molecule has 0 spiro atoms. The van der Waals surface area contributed by atoms with Gasteiger partial charge in [0.15, 0.2) is 5.65 Å². The molecule has 0 saturated heterocycles. The number of alkyl halides is 2. The lowest BCUT2D eigenvalue weighted by atomic mass is 9.92. The number of pyridine rings is 1. The van der Waals surface area contributed by atoms with E-state index in [-0.39, 0.29) is 49.2 Å². The number of rotatable bonds is 5. The number of carbonyl (C=O) groups excluding carboxylic acids is 1. The van der Waals surface area contributed by atoms with Crippen molar-refractivity contribution in [2.24, 2.45) is 5.73 Å². The number of hydrogen-bond acceptors (Lipinski definition) is 5. The number of nitrogens with one attached hydrogen (secondary N) is 1. The van der Waals surface area contributed by atoms with Crippen LogP contribution in [-0.4, -0.2) is 36.6 Å². The zero-order chi connectivity index (χ0) is 24.7. The lowest BCUT2D eigenvalue weighted by Gasteiger charge is -2.28. The fourth-order valence-electron chi connectivity index (χ4n) is 4.45. The Balaban J connectivity index is 1.50. The van der Waals surface area contributed by atoms with Crippen molar-refractivity contribution in [1.29, 1.82) is 0 Å². The summed E-state index contributed by atoms with van der Waals surface area (Å²) in [6.07, 6.45) is 2.98. The van der Waals surface area contributed by atoms with Crippen LogP contribution in [0.3, 0.4) is 0 Å². The third-order valence-corrected chi connectivity index (χ3v) is 6.30. The van der Waals surface area contributed by atoms with Crippen LogP contribution in [0.4, 0.5) is 13.2 Å². The van der Waals surface area contributed by atoms with Crippen LogP contribution >= 0.6 is 0 Å². The van der Waals surface area contributed by atoms with E-state index in [2.05, 4.69) is 20.1 Å². The largest absolute Gasteiger partial charge is 0.364 e. The first-order valence-corrected chi connectivity index (χ1v) is 11.1. The molecule has 3 heterocycles. The fraction of sp³-hybridized carbons (Fsp3) is 0.292. The third kappa shape index (κ3) is 4.53. The van der Waals surface area contributed by atoms with Gasteiger partial charge in [-0.15, -0.1) is 0 Å². The Labute approximate surface area is 197 Å². The lowest BCUT2D eigenvalue weighted by Crippen LogP contribution is -2.27. The monoisotopic (exact) mass is 482 g/mol. The van der Waals surface area contributed by atoms with E-state index in [1.165, 1.54) is 30.6 Å². The van der Waals surface area contributed by atoms with Crippen molar-refractivity contribution >= 4 is 16.9 Å². The Kier molecular flexibility index (Phi) is 5.62. The average Bonchev–Trinajstić information content (AvgIpc) is 3.25. The number of carbonyl (C=O) groups is 1. The molecule has 8 nitrogen and oxygen atoms in total. The molecule has 35 heavy (non-hydrogen) atoms. The molecule has 3 N–H and O–H groups in total. The van der Waals surface area contributed by atoms with Gasteiger partial charge in [-0.25, -0.2) is 22.8 Å². The van der Waals surface area contributed by atoms with Gasteiger partial charge in [0.2, 0.25) is 5.92 Å². The van der Waals surface area contributed by atoms with Crippen molar-refractivity contribution in [3.8, 4) is 11.1 Å². The van der Waals surface area contributed by atoms with Gasteiger partial charge >= 0.3 is 0 Å². The first-order valence-electron chi connectivity index (χ1n) is 11.1. The summed E-state index contributed by atoms with van der Waals surface area (Å²) >= 11 is 0. The van der Waals surface area contributed by atoms with Gasteiger partial charge in [0.25, 0.3) is 11.5 Å². The second-order valence-electron chi connectivity index (χ2n) is 8.70. The summed E-state index contributed by atoms with van der Waals surface area (Å²) in [4.78, 5) is 35.4. The number of halogens is 3. The molecule has 180 valence electrons. The van der Waals surface area contributed by atoms with E-state index in [4.69, 9.17) is 5.73 Å². The normalized spacial score (nSPS) is 16.0. The minimum absolute atomic E-state index is 0.0805. The lowest BCUT2D eigenvalue weighted by molar-refractivity contribution is -0.0446. The highest BCUT2D eigenvalue weighted by atomic mass is 19.3. The van der Waals surface area contributed by atoms with Crippen molar-refractivity contribution in [3.05, 3.63) is 76.0 Å². The standard InChI is InChI=1S/C24H21F3N6O2/c25-15-3-1-13(17(10-15)14-2-4-19(21(28)34)29-11-14)9-20-31-22-18(23(35)32-20)12-30-33(22)16-5-7-24(26,27)8-6-16/h1-4,10-12,16H,5-9H2,(H2,28,34)(H,31,32,35). The minimum Gasteiger partial charge on any atom is -0.364 e. The van der Waals surface area contributed by atoms with Crippen molar-refractivity contribution in [2.45, 2.75) is 44.1 Å². The number of H-pyrrole nitrogens is 1. The van der Waals surface area contributed by atoms with Crippen LogP contribution in [0.15, 0.2) is 47.5 Å². The molecule has 4 aromatic rings. The summed E-state index contributed by atoms with van der Waals surface area (Å²) in [5, 5.41) is 4.54. The van der Waals surface area contributed by atoms with Gasteiger partial charge in [-0.1, -0.05) is 12.1 Å². The van der Waals surface area contributed by atoms with E-state index in [9.17, 15) is 22.8 Å². The Hall–Kier alpha value is -4.02. The minimum atomic E-state index is -2.68. The highest BCUT2D eigenvalue weighted by molar-refractivity contribution is 5.91. The first kappa shape index (κ1) is 22.8. The van der Waals surface area contributed by atoms with Gasteiger partial charge in [0.1, 0.15) is 22.7 Å². The van der Waals surface area contributed by atoms with Crippen molar-refractivity contribution in [2.75, 3.05) is 0 Å². The smallest absolute Gasteiger partial charge is 0.267 e. The molecule has 0 unspecified atom stereocenters. The average molecular weight is 482 g/mol. The van der Waals surface area contributed by atoms with Crippen molar-refractivity contribution < 1.29 is 18.0 Å². The van der Waals surface area contributed by atoms with Crippen LogP contribution in [0.1, 0.15) is 53.6 Å². The Bertz CT molecular complexity index is 1470. The second kappa shape index (κ2) is 8.64. The molecule has 0 bridgehead atoms. The Morgan fingerprint density at radius 1 is 1.17 bits per heavy atom. The van der Waals surface area contributed by atoms with Crippen molar-refractivity contribution in [3.63, 3.8) is 0 Å². The van der Waals surface area contributed by atoms with E-state index in [1.807, 2.05) is 0 Å². The van der Waals surface area contributed by atoms with E-state index < -0.39 is 23.2 Å². The van der Waals surface area contributed by atoms with Gasteiger partial charge in [-0.3, -0.25) is 14.6 Å². The molecular weight excluding hydrogens is 461 g/mol. The number of primary amides is 1. The molecule has 0 aliphatic heterocycles. The molecule has 3 aromatic heterocycles. The highest BCUT2D eigenvalue weighted by Crippen LogP contribution is 2.38. The van der Waals surface area contributed by atoms with Gasteiger partial charge in [-0.2, -0.15) is 5.10 Å². The summed E-state index contributed by atoms with van der Waals surface area (Å²) in [6.45, 7) is 0. The number of aromatic nitrogens is 5. The van der Waals surface area contributed by atoms with Crippen LogP contribution in [0.2, 0.25) is 0 Å². The number of aromatic amines is 1. The van der Waals surface area contributed by atoms with E-state index in [0.717, 1.165) is 0 Å². The number of hydrogen-bond donors (Lipinski definition) is 2. The fourth-order valence-corrected chi connectivity index (χ4v) is 4.45. The highest BCUT2D eigenvalue weighted by Gasteiger charge is 2.36. The molecule has 5 rings (SSSR count). The maximum atomic E-state index is 14.1. The topological polar surface area (TPSA) is 120 Å². The molecule has 0 atom stereocenters. The summed E-state index contributed by atoms with van der Waals surface area (Å²) in [6, 6.07) is 7.00. The van der Waals surface area contributed by atoms with Gasteiger partial charge in [0.05, 0.1) is 12.2 Å². The summed E-state index contributed by atoms with van der Waals surface area (Å²) in [5.74, 6) is -3.50. The Morgan fingerprint density at radius 2 is 1.94 bits per heavy atom. The number of amides is 1. The number of benzene rings is 1. The third-order valence-electron chi connectivity index (χ3n) is 6.30. The van der Waals surface area contributed by atoms with Gasteiger partial charge in [-0.05, 0) is 42.2 Å². The summed E-state index contributed by atoms with van der Waals surface area (Å²) < 4.78 is 42.9. The molecule has 1 aliphatic carbocycles. The molecule has 1 amide bonds. The molecule has 11 heteroatoms. The number of fused-ring (bicyclic) bond motifs is 1. The van der Waals surface area contributed by atoms with Crippen LogP contribution in [0, 0.1) is 5.82 Å². The SMILES string of the molecule is NC(=O)c1ccc(-c2cc(F)ccc2Cc2nc3c(cnn3C3CCC(F)(F)CC3)c(=O)[nH]2)cn1. The van der Waals surface area contributed by atoms with E-state index in [1.54, 1.807) is 16.8 Å². The Morgan fingerprint density at radius 3 is 2.63 bits per heavy atom. The first-order chi connectivity index (χ1) is 16.7. The molecule has 1 aromatic carbocycles. The van der Waals surface area contributed by atoms with Crippen LogP contribution in [0.25, 0.3) is 22.2 Å². The van der Waals surface area contributed by atoms with Crippen LogP contribution in [0.5, 0.6) is 0 Å². The number of nitrogens with two attached hydrogens (primary N) is 1. The van der Waals surface area contributed by atoms with E-state index >= 15 is 0 Å². The van der Waals surface area contributed by atoms with Crippen molar-refractivity contribution in [1.82, 2.24) is 24.7 Å². The predicted octanol–water partition coefficient (Wildman–Crippen LogP) is 3.76. The predicted molar refractivity (Wildman–Crippen MR) is 122 cm³/mol. The zero-order valence-electron chi connectivity index (χ0n) is 18.5.